The molecule has 0 spiro atoms. The molecule has 170 valence electrons. The summed E-state index contributed by atoms with van der Waals surface area (Å²) < 4.78 is 0. The number of halogens is 1. The SMILES string of the molecule is CCNC(=NCCc1csc(N2CCCC2)n1)NCCc1cccc(C(=O)NC)c1.I. The predicted molar refractivity (Wildman–Crippen MR) is 140 cm³/mol. The van der Waals surface area contributed by atoms with Crippen LogP contribution in [0.2, 0.25) is 0 Å². The van der Waals surface area contributed by atoms with E-state index in [-0.39, 0.29) is 29.9 Å². The minimum absolute atomic E-state index is 0. The molecular weight excluding hydrogens is 523 g/mol. The van der Waals surface area contributed by atoms with Crippen molar-refractivity contribution < 1.29 is 4.79 Å². The van der Waals surface area contributed by atoms with E-state index in [0.29, 0.717) is 12.1 Å². The lowest BCUT2D eigenvalue weighted by atomic mass is 10.1. The number of nitrogens with one attached hydrogen (secondary N) is 3. The first-order valence-electron chi connectivity index (χ1n) is 10.7. The standard InChI is InChI=1S/C22H32N6OS.HI/c1-3-24-21(25-11-9-17-7-6-8-18(15-17)20(29)23-2)26-12-10-19-16-30-22(27-19)28-13-4-5-14-28;/h6-8,15-16H,3-5,9-14H2,1-2H3,(H,23,29)(H2,24,25,26);1H. The predicted octanol–water partition coefficient (Wildman–Crippen LogP) is 3.06. The second-order valence-electron chi connectivity index (χ2n) is 7.28. The molecule has 3 N–H and O–H groups in total. The molecule has 0 radical (unpaired) electrons. The Balaban J connectivity index is 0.00000341. The van der Waals surface area contributed by atoms with Crippen molar-refractivity contribution in [2.75, 3.05) is 44.7 Å². The fraction of sp³-hybridized carbons (Fsp3) is 0.500. The minimum atomic E-state index is -0.0605. The van der Waals surface area contributed by atoms with Gasteiger partial charge < -0.3 is 20.9 Å². The summed E-state index contributed by atoms with van der Waals surface area (Å²) >= 11 is 1.74. The van der Waals surface area contributed by atoms with E-state index in [4.69, 9.17) is 4.98 Å². The molecule has 7 nitrogen and oxygen atoms in total. The average molecular weight is 557 g/mol. The fourth-order valence-electron chi connectivity index (χ4n) is 3.43. The zero-order valence-corrected chi connectivity index (χ0v) is 21.5. The Bertz CT molecular complexity index is 850. The van der Waals surface area contributed by atoms with Gasteiger partial charge in [0, 0.05) is 57.1 Å². The molecule has 1 saturated heterocycles. The summed E-state index contributed by atoms with van der Waals surface area (Å²) in [6, 6.07) is 7.72. The number of aromatic nitrogens is 1. The Hall–Kier alpha value is -1.88. The van der Waals surface area contributed by atoms with Crippen molar-refractivity contribution >= 4 is 52.3 Å². The second-order valence-corrected chi connectivity index (χ2v) is 8.12. The molecule has 1 aliphatic heterocycles. The van der Waals surface area contributed by atoms with Crippen LogP contribution in [0.5, 0.6) is 0 Å². The first-order valence-corrected chi connectivity index (χ1v) is 11.6. The van der Waals surface area contributed by atoms with E-state index in [2.05, 4.69) is 38.1 Å². The van der Waals surface area contributed by atoms with Gasteiger partial charge in [0.05, 0.1) is 5.69 Å². The minimum Gasteiger partial charge on any atom is -0.357 e. The zero-order valence-electron chi connectivity index (χ0n) is 18.3. The molecule has 1 aliphatic rings. The molecule has 1 aromatic carbocycles. The van der Waals surface area contributed by atoms with Crippen molar-refractivity contribution in [3.63, 3.8) is 0 Å². The smallest absolute Gasteiger partial charge is 0.251 e. The molecule has 0 unspecified atom stereocenters. The summed E-state index contributed by atoms with van der Waals surface area (Å²) in [5, 5.41) is 12.6. The van der Waals surface area contributed by atoms with Crippen LogP contribution in [0, 0.1) is 0 Å². The van der Waals surface area contributed by atoms with E-state index in [9.17, 15) is 4.79 Å². The lowest BCUT2D eigenvalue weighted by Crippen LogP contribution is -2.38. The number of hydrogen-bond acceptors (Lipinski definition) is 5. The van der Waals surface area contributed by atoms with Gasteiger partial charge in [-0.2, -0.15) is 0 Å². The molecule has 2 heterocycles. The summed E-state index contributed by atoms with van der Waals surface area (Å²) in [7, 11) is 1.65. The summed E-state index contributed by atoms with van der Waals surface area (Å²) in [6.07, 6.45) is 4.20. The van der Waals surface area contributed by atoms with Crippen LogP contribution in [-0.2, 0) is 12.8 Å². The molecule has 9 heteroatoms. The molecular formula is C22H33IN6OS. The number of carbonyl (C=O) groups excluding carboxylic acids is 1. The monoisotopic (exact) mass is 556 g/mol. The van der Waals surface area contributed by atoms with Crippen molar-refractivity contribution in [2.24, 2.45) is 4.99 Å². The van der Waals surface area contributed by atoms with Crippen LogP contribution in [0.25, 0.3) is 0 Å². The molecule has 1 amide bonds. The van der Waals surface area contributed by atoms with Gasteiger partial charge in [-0.3, -0.25) is 9.79 Å². The first-order chi connectivity index (χ1) is 14.7. The number of carbonyl (C=O) groups is 1. The maximum Gasteiger partial charge on any atom is 0.251 e. The van der Waals surface area contributed by atoms with Crippen molar-refractivity contribution in [2.45, 2.75) is 32.6 Å². The topological polar surface area (TPSA) is 81.7 Å². The Morgan fingerprint density at radius 1 is 1.23 bits per heavy atom. The van der Waals surface area contributed by atoms with Crippen LogP contribution in [0.3, 0.4) is 0 Å². The maximum absolute atomic E-state index is 11.8. The Kier molecular flexibility index (Phi) is 11.1. The molecule has 0 atom stereocenters. The van der Waals surface area contributed by atoms with Crippen molar-refractivity contribution in [1.82, 2.24) is 20.9 Å². The fourth-order valence-corrected chi connectivity index (χ4v) is 4.34. The third-order valence-electron chi connectivity index (χ3n) is 5.02. The molecule has 2 aromatic rings. The van der Waals surface area contributed by atoms with Crippen molar-refractivity contribution in [3.05, 3.63) is 46.5 Å². The number of hydrogen-bond donors (Lipinski definition) is 3. The second kappa shape index (κ2) is 13.5. The zero-order chi connectivity index (χ0) is 21.2. The lowest BCUT2D eigenvalue weighted by Gasteiger charge is -2.12. The van der Waals surface area contributed by atoms with Gasteiger partial charge in [-0.1, -0.05) is 12.1 Å². The van der Waals surface area contributed by atoms with Crippen molar-refractivity contribution in [1.29, 1.82) is 0 Å². The summed E-state index contributed by atoms with van der Waals surface area (Å²) in [5.41, 5.74) is 2.93. The van der Waals surface area contributed by atoms with Gasteiger partial charge in [0.1, 0.15) is 0 Å². The molecule has 1 aromatic heterocycles. The van der Waals surface area contributed by atoms with Crippen LogP contribution in [0.4, 0.5) is 5.13 Å². The number of guanidine groups is 1. The molecule has 3 rings (SSSR count). The molecule has 1 fully saturated rings. The summed E-state index contributed by atoms with van der Waals surface area (Å²) in [4.78, 5) is 23.6. The van der Waals surface area contributed by atoms with Crippen LogP contribution < -0.4 is 20.9 Å². The van der Waals surface area contributed by atoms with Gasteiger partial charge in [-0.05, 0) is 43.9 Å². The number of aliphatic imine (C=N–C) groups is 1. The van der Waals surface area contributed by atoms with Gasteiger partial charge >= 0.3 is 0 Å². The van der Waals surface area contributed by atoms with Crippen LogP contribution in [0.1, 0.15) is 41.4 Å². The Morgan fingerprint density at radius 2 is 2.03 bits per heavy atom. The molecule has 0 saturated carbocycles. The highest BCUT2D eigenvalue weighted by Gasteiger charge is 2.15. The van der Waals surface area contributed by atoms with E-state index < -0.39 is 0 Å². The van der Waals surface area contributed by atoms with Gasteiger partial charge in [-0.15, -0.1) is 35.3 Å². The highest BCUT2D eigenvalue weighted by molar-refractivity contribution is 14.0. The van der Waals surface area contributed by atoms with E-state index >= 15 is 0 Å². The van der Waals surface area contributed by atoms with Gasteiger partial charge in [0.15, 0.2) is 11.1 Å². The lowest BCUT2D eigenvalue weighted by molar-refractivity contribution is 0.0963. The van der Waals surface area contributed by atoms with Gasteiger partial charge in [0.25, 0.3) is 5.91 Å². The Labute approximate surface area is 206 Å². The number of amides is 1. The van der Waals surface area contributed by atoms with Crippen LogP contribution in [-0.4, -0.2) is 56.6 Å². The normalized spacial score (nSPS) is 13.6. The first kappa shape index (κ1) is 25.4. The molecule has 0 bridgehead atoms. The van der Waals surface area contributed by atoms with Crippen molar-refractivity contribution in [3.8, 4) is 0 Å². The average Bonchev–Trinajstić information content (AvgIpc) is 3.45. The highest BCUT2D eigenvalue weighted by Crippen LogP contribution is 2.24. The largest absolute Gasteiger partial charge is 0.357 e. The van der Waals surface area contributed by atoms with Crippen LogP contribution in [0.15, 0.2) is 34.6 Å². The third kappa shape index (κ3) is 7.95. The number of anilines is 1. The van der Waals surface area contributed by atoms with E-state index in [0.717, 1.165) is 61.4 Å². The summed E-state index contributed by atoms with van der Waals surface area (Å²) in [5.74, 6) is 0.754. The molecule has 0 aliphatic carbocycles. The number of nitrogens with zero attached hydrogens (tertiary/aromatic N) is 3. The number of benzene rings is 1. The van der Waals surface area contributed by atoms with Gasteiger partial charge in [-0.25, -0.2) is 4.98 Å². The van der Waals surface area contributed by atoms with E-state index in [1.807, 2.05) is 24.3 Å². The Morgan fingerprint density at radius 3 is 2.77 bits per heavy atom. The van der Waals surface area contributed by atoms with Gasteiger partial charge in [0.2, 0.25) is 0 Å². The van der Waals surface area contributed by atoms with Crippen LogP contribution >= 0.6 is 35.3 Å². The quantitative estimate of drug-likeness (QED) is 0.252. The summed E-state index contributed by atoms with van der Waals surface area (Å²) in [6.45, 7) is 6.58. The third-order valence-corrected chi connectivity index (χ3v) is 5.97. The maximum atomic E-state index is 11.8. The number of rotatable bonds is 9. The highest BCUT2D eigenvalue weighted by atomic mass is 127. The van der Waals surface area contributed by atoms with E-state index in [1.54, 1.807) is 18.4 Å². The number of thiazole rings is 1. The van der Waals surface area contributed by atoms with E-state index in [1.165, 1.54) is 12.8 Å². The molecule has 31 heavy (non-hydrogen) atoms.